The lowest BCUT2D eigenvalue weighted by molar-refractivity contribution is 0.597. The number of aryl methyl sites for hydroxylation is 1. The van der Waals surface area contributed by atoms with E-state index in [9.17, 15) is 8.42 Å². The van der Waals surface area contributed by atoms with Crippen LogP contribution in [0.1, 0.15) is 16.8 Å². The first-order valence-electron chi connectivity index (χ1n) is 6.87. The zero-order chi connectivity index (χ0) is 15.5. The minimum absolute atomic E-state index is 0.131. The Bertz CT molecular complexity index is 691. The summed E-state index contributed by atoms with van der Waals surface area (Å²) >= 11 is 1.72. The molecule has 0 spiro atoms. The number of sulfone groups is 1. The van der Waals surface area contributed by atoms with Crippen molar-refractivity contribution in [3.8, 4) is 0 Å². The highest BCUT2D eigenvalue weighted by atomic mass is 32.2. The summed E-state index contributed by atoms with van der Waals surface area (Å²) in [6.45, 7) is 4.57. The monoisotopic (exact) mass is 324 g/mol. The third kappa shape index (κ3) is 4.04. The lowest BCUT2D eigenvalue weighted by Crippen LogP contribution is -2.20. The SMILES string of the molecule is CCS(=O)(=O)c1ccc(N(C)CCc2ncc(C)s2)cc1. The van der Waals surface area contributed by atoms with Gasteiger partial charge in [-0.3, -0.25) is 0 Å². The molecule has 0 aliphatic heterocycles. The van der Waals surface area contributed by atoms with Crippen molar-refractivity contribution in [3.05, 3.63) is 40.3 Å². The summed E-state index contributed by atoms with van der Waals surface area (Å²) in [6, 6.07) is 7.07. The van der Waals surface area contributed by atoms with E-state index in [1.807, 2.05) is 25.4 Å². The van der Waals surface area contributed by atoms with E-state index in [1.54, 1.807) is 30.4 Å². The van der Waals surface area contributed by atoms with Crippen LogP contribution in [-0.4, -0.2) is 32.7 Å². The fraction of sp³-hybridized carbons (Fsp3) is 0.400. The average Bonchev–Trinajstić information content (AvgIpc) is 2.90. The molecule has 0 bridgehead atoms. The van der Waals surface area contributed by atoms with Crippen molar-refractivity contribution in [2.24, 2.45) is 0 Å². The summed E-state index contributed by atoms with van der Waals surface area (Å²) in [4.78, 5) is 8.07. The van der Waals surface area contributed by atoms with Gasteiger partial charge >= 0.3 is 0 Å². The highest BCUT2D eigenvalue weighted by molar-refractivity contribution is 7.91. The fourth-order valence-electron chi connectivity index (χ4n) is 1.98. The van der Waals surface area contributed by atoms with Crippen molar-refractivity contribution in [1.82, 2.24) is 4.98 Å². The summed E-state index contributed by atoms with van der Waals surface area (Å²) in [5, 5.41) is 1.13. The molecule has 0 aliphatic rings. The first kappa shape index (κ1) is 16.0. The molecule has 1 heterocycles. The summed E-state index contributed by atoms with van der Waals surface area (Å²) in [5.74, 6) is 0.131. The predicted molar refractivity (Wildman–Crippen MR) is 88.0 cm³/mol. The molecule has 114 valence electrons. The van der Waals surface area contributed by atoms with Crippen LogP contribution in [0.15, 0.2) is 35.4 Å². The van der Waals surface area contributed by atoms with Crippen LogP contribution in [0.3, 0.4) is 0 Å². The maximum Gasteiger partial charge on any atom is 0.178 e. The van der Waals surface area contributed by atoms with E-state index in [0.717, 1.165) is 23.7 Å². The molecule has 2 aromatic rings. The second-order valence-electron chi connectivity index (χ2n) is 4.93. The third-order valence-electron chi connectivity index (χ3n) is 3.35. The number of likely N-dealkylation sites (N-methyl/N-ethyl adjacent to an activating group) is 1. The number of benzene rings is 1. The Kier molecular flexibility index (Phi) is 5.00. The van der Waals surface area contributed by atoms with Crippen molar-refractivity contribution in [3.63, 3.8) is 0 Å². The van der Waals surface area contributed by atoms with Gasteiger partial charge in [-0.25, -0.2) is 13.4 Å². The first-order valence-corrected chi connectivity index (χ1v) is 9.34. The van der Waals surface area contributed by atoms with Gasteiger partial charge in [0.15, 0.2) is 9.84 Å². The van der Waals surface area contributed by atoms with E-state index in [1.165, 1.54) is 4.88 Å². The van der Waals surface area contributed by atoms with Crippen molar-refractivity contribution >= 4 is 26.9 Å². The Morgan fingerprint density at radius 3 is 2.43 bits per heavy atom. The fourth-order valence-corrected chi connectivity index (χ4v) is 3.64. The molecule has 0 saturated heterocycles. The molecule has 1 aromatic heterocycles. The molecule has 2 rings (SSSR count). The Hall–Kier alpha value is -1.40. The lowest BCUT2D eigenvalue weighted by atomic mass is 10.3. The molecule has 4 nitrogen and oxygen atoms in total. The van der Waals surface area contributed by atoms with Crippen LogP contribution in [0.25, 0.3) is 0 Å². The van der Waals surface area contributed by atoms with Gasteiger partial charge in [0.1, 0.15) is 0 Å². The number of aromatic nitrogens is 1. The van der Waals surface area contributed by atoms with E-state index in [2.05, 4.69) is 16.8 Å². The van der Waals surface area contributed by atoms with Crippen LogP contribution in [-0.2, 0) is 16.3 Å². The molecule has 6 heteroatoms. The normalized spacial score (nSPS) is 11.6. The predicted octanol–water partition coefficient (Wildman–Crippen LogP) is 2.92. The summed E-state index contributed by atoms with van der Waals surface area (Å²) in [6.07, 6.45) is 2.79. The van der Waals surface area contributed by atoms with Gasteiger partial charge in [-0.1, -0.05) is 6.92 Å². The van der Waals surface area contributed by atoms with Gasteiger partial charge < -0.3 is 4.90 Å². The largest absolute Gasteiger partial charge is 0.374 e. The molecule has 0 radical (unpaired) electrons. The maximum atomic E-state index is 11.8. The maximum absolute atomic E-state index is 11.8. The summed E-state index contributed by atoms with van der Waals surface area (Å²) in [5.41, 5.74) is 1.01. The van der Waals surface area contributed by atoms with Crippen molar-refractivity contribution < 1.29 is 8.42 Å². The second-order valence-corrected chi connectivity index (χ2v) is 8.53. The Morgan fingerprint density at radius 1 is 1.24 bits per heavy atom. The number of nitrogens with zero attached hydrogens (tertiary/aromatic N) is 2. The van der Waals surface area contributed by atoms with Gasteiger partial charge in [0.25, 0.3) is 0 Å². The lowest BCUT2D eigenvalue weighted by Gasteiger charge is -2.19. The number of thiazole rings is 1. The number of anilines is 1. The molecule has 0 atom stereocenters. The van der Waals surface area contributed by atoms with Crippen LogP contribution < -0.4 is 4.90 Å². The van der Waals surface area contributed by atoms with Crippen LogP contribution in [0, 0.1) is 6.92 Å². The van der Waals surface area contributed by atoms with Crippen molar-refractivity contribution in [1.29, 1.82) is 0 Å². The van der Waals surface area contributed by atoms with E-state index >= 15 is 0 Å². The minimum atomic E-state index is -3.12. The molecule has 0 aliphatic carbocycles. The standard InChI is InChI=1S/C15H20N2O2S2/c1-4-21(18,19)14-7-5-13(6-8-14)17(3)10-9-15-16-11-12(2)20-15/h5-8,11H,4,9-10H2,1-3H3. The highest BCUT2D eigenvalue weighted by Gasteiger charge is 2.11. The number of hydrogen-bond acceptors (Lipinski definition) is 5. The topological polar surface area (TPSA) is 50.3 Å². The summed E-state index contributed by atoms with van der Waals surface area (Å²) < 4.78 is 23.5. The van der Waals surface area contributed by atoms with Gasteiger partial charge in [-0.15, -0.1) is 11.3 Å². The first-order chi connectivity index (χ1) is 9.92. The Morgan fingerprint density at radius 2 is 1.90 bits per heavy atom. The van der Waals surface area contributed by atoms with E-state index in [4.69, 9.17) is 0 Å². The second kappa shape index (κ2) is 6.58. The molecule has 0 N–H and O–H groups in total. The molecular formula is C15H20N2O2S2. The molecular weight excluding hydrogens is 304 g/mol. The minimum Gasteiger partial charge on any atom is -0.374 e. The van der Waals surface area contributed by atoms with Crippen LogP contribution >= 0.6 is 11.3 Å². The number of hydrogen-bond donors (Lipinski definition) is 0. The molecule has 0 amide bonds. The van der Waals surface area contributed by atoms with Crippen LogP contribution in [0.5, 0.6) is 0 Å². The van der Waals surface area contributed by atoms with Gasteiger partial charge in [0, 0.05) is 36.8 Å². The van der Waals surface area contributed by atoms with E-state index in [0.29, 0.717) is 4.90 Å². The van der Waals surface area contributed by atoms with Gasteiger partial charge in [-0.05, 0) is 31.2 Å². The third-order valence-corrected chi connectivity index (χ3v) is 6.07. The van der Waals surface area contributed by atoms with Crippen molar-refractivity contribution in [2.45, 2.75) is 25.2 Å². The molecule has 1 aromatic carbocycles. The zero-order valence-electron chi connectivity index (χ0n) is 12.5. The van der Waals surface area contributed by atoms with Gasteiger partial charge in [-0.2, -0.15) is 0 Å². The highest BCUT2D eigenvalue weighted by Crippen LogP contribution is 2.19. The average molecular weight is 324 g/mol. The zero-order valence-corrected chi connectivity index (χ0v) is 14.2. The quantitative estimate of drug-likeness (QED) is 0.820. The van der Waals surface area contributed by atoms with Crippen molar-refractivity contribution in [2.75, 3.05) is 24.2 Å². The van der Waals surface area contributed by atoms with Crippen LogP contribution in [0.2, 0.25) is 0 Å². The molecule has 21 heavy (non-hydrogen) atoms. The Labute approximate surface area is 130 Å². The number of rotatable bonds is 6. The molecule has 0 unspecified atom stereocenters. The van der Waals surface area contributed by atoms with Gasteiger partial charge in [0.05, 0.1) is 15.7 Å². The summed E-state index contributed by atoms with van der Waals surface area (Å²) in [7, 11) is -1.12. The van der Waals surface area contributed by atoms with E-state index < -0.39 is 9.84 Å². The smallest absolute Gasteiger partial charge is 0.178 e. The van der Waals surface area contributed by atoms with Gasteiger partial charge in [0.2, 0.25) is 0 Å². The van der Waals surface area contributed by atoms with E-state index in [-0.39, 0.29) is 5.75 Å². The molecule has 0 fully saturated rings. The van der Waals surface area contributed by atoms with Crippen LogP contribution in [0.4, 0.5) is 5.69 Å². The Balaban J connectivity index is 2.01. The molecule has 0 saturated carbocycles.